The molecule has 344 valence electrons. The average Bonchev–Trinajstić information content (AvgIpc) is 3.87. The van der Waals surface area contributed by atoms with Crippen molar-refractivity contribution in [2.24, 2.45) is 18.9 Å². The van der Waals surface area contributed by atoms with Crippen LogP contribution in [0.15, 0.2) is 59.4 Å². The Morgan fingerprint density at radius 1 is 0.864 bits per heavy atom. The van der Waals surface area contributed by atoms with Gasteiger partial charge in [-0.05, 0) is 105 Å². The third kappa shape index (κ3) is 7.33. The van der Waals surface area contributed by atoms with Crippen LogP contribution in [0.5, 0.6) is 0 Å². The maximum Gasteiger partial charge on any atom is 0.329 e. The second kappa shape index (κ2) is 17.3. The molecular formula is C50H52Cl2FN7O6. The summed E-state index contributed by atoms with van der Waals surface area (Å²) in [4.78, 5) is 82.7. The van der Waals surface area contributed by atoms with Gasteiger partial charge in [-0.25, -0.2) is 9.18 Å². The number of anilines is 1. The number of amides is 5. The van der Waals surface area contributed by atoms with E-state index in [1.165, 1.54) is 15.2 Å². The third-order valence-electron chi connectivity index (χ3n) is 15.6. The maximum atomic E-state index is 16.3. The van der Waals surface area contributed by atoms with E-state index < -0.39 is 40.7 Å². The van der Waals surface area contributed by atoms with Crippen LogP contribution in [-0.2, 0) is 36.4 Å². The molecule has 2 aliphatic carbocycles. The number of carbonyl (C=O) groups is 5. The molecule has 6 aliphatic rings. The number of imidazole rings is 1. The van der Waals surface area contributed by atoms with E-state index in [0.717, 1.165) is 37.7 Å². The summed E-state index contributed by atoms with van der Waals surface area (Å²) in [7, 11) is 1.66. The fraction of sp³-hybridized carbons (Fsp3) is 0.480. The molecule has 5 amide bonds. The van der Waals surface area contributed by atoms with Crippen LogP contribution in [-0.4, -0.2) is 74.3 Å². The monoisotopic (exact) mass is 935 g/mol. The van der Waals surface area contributed by atoms with Crippen LogP contribution in [0.4, 0.5) is 10.1 Å². The van der Waals surface area contributed by atoms with Gasteiger partial charge in [0.2, 0.25) is 29.5 Å². The summed E-state index contributed by atoms with van der Waals surface area (Å²) in [5.74, 6) is 3.75. The maximum absolute atomic E-state index is 16.3. The van der Waals surface area contributed by atoms with Gasteiger partial charge in [0.15, 0.2) is 0 Å². The minimum Gasteiger partial charge on any atom is -0.352 e. The number of carbonyl (C=O) groups excluding carboxylic acids is 5. The molecule has 13 nitrogen and oxygen atoms in total. The first-order valence-electron chi connectivity index (χ1n) is 23.3. The number of fused-ring (bicyclic) bond motifs is 4. The first kappa shape index (κ1) is 44.4. The summed E-state index contributed by atoms with van der Waals surface area (Å²) >= 11 is 12.8. The Morgan fingerprint density at radius 3 is 2.36 bits per heavy atom. The summed E-state index contributed by atoms with van der Waals surface area (Å²) in [6.07, 6.45) is 8.31. The number of aryl methyl sites for hydroxylation is 1. The van der Waals surface area contributed by atoms with E-state index in [0.29, 0.717) is 78.9 Å². The SMILES string of the molecule is Cn1c(=O)n(C2CCC(=O)NC2=O)c2ccc(C#CC3CCN(C(=O)C4CCC(NC(=O)[C@@H]5NC6(CCCCC6)[C@@]6(C(=O)Nc7cc(Cl)ccc76)[C@H]5c5cccc(Cl)c5F)CC4)CC3)cc21. The van der Waals surface area contributed by atoms with Crippen LogP contribution in [0, 0.1) is 29.5 Å². The number of nitrogens with zero attached hydrogens (tertiary/aromatic N) is 3. The zero-order valence-corrected chi connectivity index (χ0v) is 38.2. The van der Waals surface area contributed by atoms with Crippen molar-refractivity contribution in [3.05, 3.63) is 97.6 Å². The van der Waals surface area contributed by atoms with Crippen molar-refractivity contribution in [3.63, 3.8) is 0 Å². The highest BCUT2D eigenvalue weighted by molar-refractivity contribution is 6.31. The summed E-state index contributed by atoms with van der Waals surface area (Å²) in [5.41, 5.74) is 1.01. The molecule has 4 aliphatic heterocycles. The Balaban J connectivity index is 0.791. The van der Waals surface area contributed by atoms with Gasteiger partial charge in [-0.1, -0.05) is 72.5 Å². The molecule has 5 fully saturated rings. The van der Waals surface area contributed by atoms with Crippen molar-refractivity contribution < 1.29 is 28.4 Å². The summed E-state index contributed by atoms with van der Waals surface area (Å²) in [6.45, 7) is 1.19. The van der Waals surface area contributed by atoms with E-state index in [4.69, 9.17) is 23.2 Å². The van der Waals surface area contributed by atoms with Crippen molar-refractivity contribution in [2.75, 3.05) is 18.4 Å². The van der Waals surface area contributed by atoms with Gasteiger partial charge in [0, 0.05) is 72.2 Å². The lowest BCUT2D eigenvalue weighted by Crippen LogP contribution is -2.60. The lowest BCUT2D eigenvalue weighted by atomic mass is 9.55. The molecule has 16 heteroatoms. The largest absolute Gasteiger partial charge is 0.352 e. The highest BCUT2D eigenvalue weighted by atomic mass is 35.5. The lowest BCUT2D eigenvalue weighted by molar-refractivity contribution is -0.138. The van der Waals surface area contributed by atoms with Crippen LogP contribution in [0.1, 0.15) is 112 Å². The van der Waals surface area contributed by atoms with Gasteiger partial charge in [0.1, 0.15) is 17.3 Å². The second-order valence-corrected chi connectivity index (χ2v) is 20.0. The summed E-state index contributed by atoms with van der Waals surface area (Å²) in [6, 6.07) is 13.7. The predicted octanol–water partition coefficient (Wildman–Crippen LogP) is 6.38. The number of likely N-dealkylation sites (tertiary alicyclic amines) is 1. The predicted molar refractivity (Wildman–Crippen MR) is 247 cm³/mol. The Morgan fingerprint density at radius 2 is 1.62 bits per heavy atom. The molecule has 5 heterocycles. The number of piperidine rings is 2. The summed E-state index contributed by atoms with van der Waals surface area (Å²) in [5, 5.41) is 12.8. The molecule has 2 saturated carbocycles. The zero-order chi connectivity index (χ0) is 46.1. The van der Waals surface area contributed by atoms with E-state index in [1.807, 2.05) is 23.1 Å². The molecule has 2 spiro atoms. The van der Waals surface area contributed by atoms with E-state index in [1.54, 1.807) is 37.4 Å². The Kier molecular flexibility index (Phi) is 11.6. The highest BCUT2D eigenvalue weighted by Gasteiger charge is 2.72. The number of aromatic nitrogens is 2. The van der Waals surface area contributed by atoms with Crippen LogP contribution < -0.4 is 27.0 Å². The standard InChI is InChI=1S/C50H52Cl2FN7O6/c1-58-39-26-29(10-17-37(39)60(48(58)66)38-18-19-40(61)56-44(38)62)9-8-28-20-24-59(25-21-28)46(64)30-11-14-32(15-12-30)54-45(63)43-41(33-6-5-7-35(52)42(33)53)50(49(57-43)22-3-2-4-23-49)34-16-13-31(51)27-36(34)55-47(50)65/h5-7,10,13,16-17,26-28,30,32,38,41,43,57H,2-4,11-12,14-15,18-25H2,1H3,(H,54,63)(H,55,65)(H,56,61,62)/t30?,32?,38?,41-,43+,50+/m0/s1. The Labute approximate surface area is 391 Å². The Hall–Kier alpha value is -5.49. The van der Waals surface area contributed by atoms with Crippen molar-refractivity contribution >= 4 is 69.5 Å². The number of halogens is 3. The second-order valence-electron chi connectivity index (χ2n) is 19.1. The lowest BCUT2D eigenvalue weighted by Gasteiger charge is -2.47. The molecule has 4 N–H and O–H groups in total. The number of benzene rings is 3. The van der Waals surface area contributed by atoms with E-state index in [2.05, 4.69) is 33.1 Å². The van der Waals surface area contributed by atoms with Gasteiger partial charge in [0.25, 0.3) is 0 Å². The van der Waals surface area contributed by atoms with Crippen molar-refractivity contribution in [1.82, 2.24) is 30.0 Å². The number of rotatable bonds is 5. The van der Waals surface area contributed by atoms with Crippen LogP contribution in [0.3, 0.4) is 0 Å². The zero-order valence-electron chi connectivity index (χ0n) is 36.7. The minimum absolute atomic E-state index is 0.0769. The van der Waals surface area contributed by atoms with E-state index >= 15 is 4.39 Å². The van der Waals surface area contributed by atoms with Gasteiger partial charge in [0.05, 0.1) is 22.1 Å². The van der Waals surface area contributed by atoms with E-state index in [-0.39, 0.29) is 70.6 Å². The molecule has 4 aromatic rings. The number of imide groups is 1. The van der Waals surface area contributed by atoms with E-state index in [9.17, 15) is 28.8 Å². The highest BCUT2D eigenvalue weighted by Crippen LogP contribution is 2.63. The molecule has 1 unspecified atom stereocenters. The fourth-order valence-electron chi connectivity index (χ4n) is 12.4. The quantitative estimate of drug-likeness (QED) is 0.133. The van der Waals surface area contributed by atoms with Crippen molar-refractivity contribution in [1.29, 1.82) is 0 Å². The van der Waals surface area contributed by atoms with Gasteiger partial charge in [-0.3, -0.25) is 43.7 Å². The number of hydrogen-bond donors (Lipinski definition) is 4. The van der Waals surface area contributed by atoms with Crippen molar-refractivity contribution in [2.45, 2.75) is 118 Å². The van der Waals surface area contributed by atoms with Crippen molar-refractivity contribution in [3.8, 4) is 11.8 Å². The molecule has 0 bridgehead atoms. The molecule has 10 rings (SSSR count). The topological polar surface area (TPSA) is 164 Å². The van der Waals surface area contributed by atoms with Gasteiger partial charge < -0.3 is 15.5 Å². The first-order valence-corrected chi connectivity index (χ1v) is 24.0. The molecular weight excluding hydrogens is 884 g/mol. The van der Waals surface area contributed by atoms with Crippen LogP contribution in [0.25, 0.3) is 11.0 Å². The molecule has 66 heavy (non-hydrogen) atoms. The molecule has 4 atom stereocenters. The number of nitrogens with one attached hydrogen (secondary N) is 4. The van der Waals surface area contributed by atoms with Gasteiger partial charge in [-0.2, -0.15) is 0 Å². The average molecular weight is 937 g/mol. The van der Waals surface area contributed by atoms with Crippen LogP contribution in [0.2, 0.25) is 10.0 Å². The molecule has 3 saturated heterocycles. The normalized spacial score (nSPS) is 27.4. The van der Waals surface area contributed by atoms with Gasteiger partial charge in [-0.15, -0.1) is 0 Å². The molecule has 1 aromatic heterocycles. The first-order chi connectivity index (χ1) is 31.8. The third-order valence-corrected chi connectivity index (χ3v) is 16.1. The van der Waals surface area contributed by atoms with Gasteiger partial charge >= 0.3 is 5.69 Å². The molecule has 0 radical (unpaired) electrons. The molecule has 3 aromatic carbocycles. The van der Waals surface area contributed by atoms with Crippen LogP contribution >= 0.6 is 23.2 Å². The fourth-order valence-corrected chi connectivity index (χ4v) is 12.7. The number of hydrogen-bond acceptors (Lipinski definition) is 7. The smallest absolute Gasteiger partial charge is 0.329 e. The summed E-state index contributed by atoms with van der Waals surface area (Å²) < 4.78 is 19.3. The Bertz CT molecular complexity index is 2810. The minimum atomic E-state index is -1.31.